The van der Waals surface area contributed by atoms with Crippen LogP contribution in [0.15, 0.2) is 18.2 Å². The minimum atomic E-state index is -0.464. The van der Waals surface area contributed by atoms with Gasteiger partial charge in [-0.2, -0.15) is 0 Å². The van der Waals surface area contributed by atoms with Gasteiger partial charge < -0.3 is 5.32 Å². The second kappa shape index (κ2) is 5.13. The lowest BCUT2D eigenvalue weighted by Gasteiger charge is -2.23. The first-order valence-electron chi connectivity index (χ1n) is 6.24. The van der Waals surface area contributed by atoms with Crippen LogP contribution in [-0.4, -0.2) is 6.54 Å². The molecule has 1 fully saturated rings. The van der Waals surface area contributed by atoms with Crippen LogP contribution >= 0.6 is 0 Å². The van der Waals surface area contributed by atoms with Crippen LogP contribution < -0.4 is 5.32 Å². The normalized spacial score (nSPS) is 18.5. The lowest BCUT2D eigenvalue weighted by Crippen LogP contribution is -2.29. The first-order valence-corrected chi connectivity index (χ1v) is 6.24. The first-order chi connectivity index (χ1) is 8.11. The molecule has 2 rings (SSSR count). The Morgan fingerprint density at radius 3 is 2.35 bits per heavy atom. The van der Waals surface area contributed by atoms with Crippen LogP contribution in [0.5, 0.6) is 0 Å². The van der Waals surface area contributed by atoms with E-state index >= 15 is 0 Å². The minimum absolute atomic E-state index is 0.147. The second-order valence-electron chi connectivity index (χ2n) is 5.32. The third kappa shape index (κ3) is 3.03. The van der Waals surface area contributed by atoms with Gasteiger partial charge in [0.25, 0.3) is 0 Å². The monoisotopic (exact) mass is 239 g/mol. The van der Waals surface area contributed by atoms with Crippen molar-refractivity contribution in [2.45, 2.75) is 39.2 Å². The van der Waals surface area contributed by atoms with Crippen LogP contribution in [0, 0.1) is 17.0 Å². The van der Waals surface area contributed by atoms with E-state index in [0.717, 1.165) is 6.54 Å². The fourth-order valence-corrected chi connectivity index (χ4v) is 2.60. The van der Waals surface area contributed by atoms with Crippen molar-refractivity contribution in [1.82, 2.24) is 5.32 Å². The fourth-order valence-electron chi connectivity index (χ4n) is 2.60. The van der Waals surface area contributed by atoms with Gasteiger partial charge in [0.05, 0.1) is 0 Å². The number of hydrogen-bond donors (Lipinski definition) is 1. The Labute approximate surface area is 101 Å². The summed E-state index contributed by atoms with van der Waals surface area (Å²) in [7, 11) is 0. The molecule has 0 radical (unpaired) electrons. The predicted molar refractivity (Wildman–Crippen MR) is 64.6 cm³/mol. The highest BCUT2D eigenvalue weighted by molar-refractivity contribution is 5.19. The number of halogens is 2. The standard InChI is InChI=1S/C14H19F2N/c1-14(7-2-3-8-14)10-17-9-11-12(15)5-4-6-13(11)16/h4-6,17H,2-3,7-10H2,1H3. The first kappa shape index (κ1) is 12.5. The molecular weight excluding hydrogens is 220 g/mol. The van der Waals surface area contributed by atoms with E-state index in [9.17, 15) is 8.78 Å². The Morgan fingerprint density at radius 2 is 1.76 bits per heavy atom. The van der Waals surface area contributed by atoms with Gasteiger partial charge in [0.2, 0.25) is 0 Å². The SMILES string of the molecule is CC1(CNCc2c(F)cccc2F)CCCC1. The highest BCUT2D eigenvalue weighted by Gasteiger charge is 2.28. The van der Waals surface area contributed by atoms with Crippen LogP contribution in [0.1, 0.15) is 38.2 Å². The van der Waals surface area contributed by atoms with Crippen LogP contribution in [0.3, 0.4) is 0 Å². The molecule has 0 unspecified atom stereocenters. The van der Waals surface area contributed by atoms with Crippen LogP contribution in [0.4, 0.5) is 8.78 Å². The maximum absolute atomic E-state index is 13.4. The number of benzene rings is 1. The smallest absolute Gasteiger partial charge is 0.130 e. The molecule has 1 saturated carbocycles. The average molecular weight is 239 g/mol. The quantitative estimate of drug-likeness (QED) is 0.846. The van der Waals surface area contributed by atoms with Crippen LogP contribution in [-0.2, 0) is 6.54 Å². The molecule has 3 heteroatoms. The molecule has 1 aromatic rings. The highest BCUT2D eigenvalue weighted by atomic mass is 19.1. The lowest BCUT2D eigenvalue weighted by molar-refractivity contribution is 0.312. The van der Waals surface area contributed by atoms with Crippen molar-refractivity contribution in [3.63, 3.8) is 0 Å². The Balaban J connectivity index is 1.90. The Hall–Kier alpha value is -0.960. The van der Waals surface area contributed by atoms with E-state index in [0.29, 0.717) is 5.41 Å². The van der Waals surface area contributed by atoms with E-state index < -0.39 is 11.6 Å². The van der Waals surface area contributed by atoms with E-state index in [1.165, 1.54) is 43.9 Å². The van der Waals surface area contributed by atoms with Crippen molar-refractivity contribution in [3.05, 3.63) is 35.4 Å². The summed E-state index contributed by atoms with van der Waals surface area (Å²) in [6, 6.07) is 4.00. The molecule has 0 heterocycles. The predicted octanol–water partition coefficient (Wildman–Crippen LogP) is 3.63. The van der Waals surface area contributed by atoms with Crippen molar-refractivity contribution in [3.8, 4) is 0 Å². The van der Waals surface area contributed by atoms with Crippen LogP contribution in [0.2, 0.25) is 0 Å². The molecule has 1 nitrogen and oxygen atoms in total. The molecule has 0 spiro atoms. The molecule has 0 aromatic heterocycles. The molecule has 0 aliphatic heterocycles. The minimum Gasteiger partial charge on any atom is -0.312 e. The maximum Gasteiger partial charge on any atom is 0.130 e. The zero-order valence-corrected chi connectivity index (χ0v) is 10.2. The molecule has 0 bridgehead atoms. The molecule has 1 aliphatic carbocycles. The van der Waals surface area contributed by atoms with Gasteiger partial charge in [0, 0.05) is 18.7 Å². The van der Waals surface area contributed by atoms with Gasteiger partial charge in [-0.05, 0) is 30.4 Å². The largest absolute Gasteiger partial charge is 0.312 e. The lowest BCUT2D eigenvalue weighted by atomic mass is 9.89. The Morgan fingerprint density at radius 1 is 1.18 bits per heavy atom. The average Bonchev–Trinajstić information content (AvgIpc) is 2.70. The summed E-state index contributed by atoms with van der Waals surface area (Å²) in [5.74, 6) is -0.928. The van der Waals surface area contributed by atoms with Gasteiger partial charge in [0.1, 0.15) is 11.6 Å². The van der Waals surface area contributed by atoms with Gasteiger partial charge in [-0.3, -0.25) is 0 Å². The van der Waals surface area contributed by atoms with Crippen molar-refractivity contribution in [2.75, 3.05) is 6.54 Å². The topological polar surface area (TPSA) is 12.0 Å². The molecule has 17 heavy (non-hydrogen) atoms. The van der Waals surface area contributed by atoms with E-state index in [1.54, 1.807) is 0 Å². The third-order valence-electron chi connectivity index (χ3n) is 3.73. The second-order valence-corrected chi connectivity index (χ2v) is 5.32. The summed E-state index contributed by atoms with van der Waals surface area (Å²) in [5.41, 5.74) is 0.455. The summed E-state index contributed by atoms with van der Waals surface area (Å²) in [6.45, 7) is 3.35. The molecular formula is C14H19F2N. The summed E-state index contributed by atoms with van der Waals surface area (Å²) in [4.78, 5) is 0. The van der Waals surface area contributed by atoms with Gasteiger partial charge in [-0.15, -0.1) is 0 Å². The molecule has 0 amide bonds. The molecule has 1 aliphatic rings. The third-order valence-corrected chi connectivity index (χ3v) is 3.73. The van der Waals surface area contributed by atoms with E-state index in [1.807, 2.05) is 0 Å². The van der Waals surface area contributed by atoms with Crippen molar-refractivity contribution in [1.29, 1.82) is 0 Å². The summed E-state index contributed by atoms with van der Waals surface area (Å²) >= 11 is 0. The molecule has 1 aromatic carbocycles. The zero-order chi connectivity index (χ0) is 12.3. The summed E-state index contributed by atoms with van der Waals surface area (Å²) in [5, 5.41) is 3.19. The number of rotatable bonds is 4. The number of nitrogens with one attached hydrogen (secondary N) is 1. The van der Waals surface area contributed by atoms with Gasteiger partial charge in [-0.25, -0.2) is 8.78 Å². The fraction of sp³-hybridized carbons (Fsp3) is 0.571. The summed E-state index contributed by atoms with van der Waals surface area (Å²) in [6.07, 6.45) is 4.96. The maximum atomic E-state index is 13.4. The Kier molecular flexibility index (Phi) is 3.77. The van der Waals surface area contributed by atoms with E-state index in [2.05, 4.69) is 12.2 Å². The molecule has 1 N–H and O–H groups in total. The van der Waals surface area contributed by atoms with E-state index in [-0.39, 0.29) is 12.1 Å². The van der Waals surface area contributed by atoms with Crippen molar-refractivity contribution in [2.24, 2.45) is 5.41 Å². The molecule has 0 saturated heterocycles. The van der Waals surface area contributed by atoms with Gasteiger partial charge >= 0.3 is 0 Å². The van der Waals surface area contributed by atoms with Gasteiger partial charge in [-0.1, -0.05) is 25.8 Å². The molecule has 94 valence electrons. The van der Waals surface area contributed by atoms with E-state index in [4.69, 9.17) is 0 Å². The van der Waals surface area contributed by atoms with Crippen LogP contribution in [0.25, 0.3) is 0 Å². The van der Waals surface area contributed by atoms with Gasteiger partial charge in [0.15, 0.2) is 0 Å². The number of hydrogen-bond acceptors (Lipinski definition) is 1. The highest BCUT2D eigenvalue weighted by Crippen LogP contribution is 2.36. The van der Waals surface area contributed by atoms with Crippen molar-refractivity contribution < 1.29 is 8.78 Å². The summed E-state index contributed by atoms with van der Waals surface area (Å²) < 4.78 is 26.7. The zero-order valence-electron chi connectivity index (χ0n) is 10.2. The molecule has 0 atom stereocenters. The van der Waals surface area contributed by atoms with Crippen molar-refractivity contribution >= 4 is 0 Å². The Bertz CT molecular complexity index is 364.